The standard InChI is InChI=1S/C5H7NO.C5H5N/c1-7-6-4-2-3-5-6;1-2-4-6-5-3-1/h2-5H,1H3;1-5H. The molecule has 0 saturated heterocycles. The highest BCUT2D eigenvalue weighted by Crippen LogP contribution is 1.81. The minimum Gasteiger partial charge on any atom is -0.418 e. The topological polar surface area (TPSA) is 27.1 Å². The molecule has 2 heterocycles. The van der Waals surface area contributed by atoms with Crippen LogP contribution in [0.25, 0.3) is 0 Å². The van der Waals surface area contributed by atoms with Gasteiger partial charge in [-0.25, -0.2) is 0 Å². The molecule has 0 unspecified atom stereocenters. The van der Waals surface area contributed by atoms with Crippen LogP contribution < -0.4 is 4.84 Å². The van der Waals surface area contributed by atoms with Gasteiger partial charge in [-0.15, -0.1) is 0 Å². The van der Waals surface area contributed by atoms with E-state index < -0.39 is 0 Å². The molecule has 68 valence electrons. The zero-order chi connectivity index (χ0) is 9.36. The summed E-state index contributed by atoms with van der Waals surface area (Å²) in [4.78, 5) is 8.56. The SMILES string of the molecule is COn1cccc1.c1ccncc1. The monoisotopic (exact) mass is 176 g/mol. The Bertz CT molecular complexity index is 265. The summed E-state index contributed by atoms with van der Waals surface area (Å²) in [7, 11) is 1.62. The molecule has 0 aliphatic heterocycles. The molecular weight excluding hydrogens is 164 g/mol. The maximum Gasteiger partial charge on any atom is 0.104 e. The molecule has 0 aliphatic rings. The van der Waals surface area contributed by atoms with Crippen molar-refractivity contribution < 1.29 is 4.84 Å². The third-order valence-electron chi connectivity index (χ3n) is 1.35. The number of hydrogen-bond acceptors (Lipinski definition) is 2. The van der Waals surface area contributed by atoms with Crippen molar-refractivity contribution in [1.82, 2.24) is 9.71 Å². The first-order valence-electron chi connectivity index (χ1n) is 3.96. The van der Waals surface area contributed by atoms with Crippen LogP contribution in [0.3, 0.4) is 0 Å². The first kappa shape index (κ1) is 9.32. The largest absolute Gasteiger partial charge is 0.418 e. The lowest BCUT2D eigenvalue weighted by Crippen LogP contribution is -2.00. The van der Waals surface area contributed by atoms with Gasteiger partial charge in [-0.05, 0) is 24.3 Å². The van der Waals surface area contributed by atoms with Crippen molar-refractivity contribution in [2.75, 3.05) is 7.11 Å². The van der Waals surface area contributed by atoms with Crippen molar-refractivity contribution in [3.8, 4) is 0 Å². The second kappa shape index (κ2) is 5.83. The van der Waals surface area contributed by atoms with Crippen LogP contribution in [0.15, 0.2) is 55.1 Å². The predicted octanol–water partition coefficient (Wildman–Crippen LogP) is 1.63. The Morgan fingerprint density at radius 1 is 0.923 bits per heavy atom. The molecule has 0 saturated carbocycles. The van der Waals surface area contributed by atoms with Crippen molar-refractivity contribution in [3.63, 3.8) is 0 Å². The van der Waals surface area contributed by atoms with E-state index >= 15 is 0 Å². The Morgan fingerprint density at radius 2 is 1.54 bits per heavy atom. The highest BCUT2D eigenvalue weighted by Gasteiger charge is 1.75. The highest BCUT2D eigenvalue weighted by molar-refractivity contribution is 4.88. The van der Waals surface area contributed by atoms with E-state index in [1.807, 2.05) is 42.7 Å². The summed E-state index contributed by atoms with van der Waals surface area (Å²) >= 11 is 0. The van der Waals surface area contributed by atoms with Crippen LogP contribution >= 0.6 is 0 Å². The molecule has 3 heteroatoms. The minimum atomic E-state index is 1.62. The molecule has 0 bridgehead atoms. The summed E-state index contributed by atoms with van der Waals surface area (Å²) in [6.07, 6.45) is 7.17. The zero-order valence-corrected chi connectivity index (χ0v) is 7.50. The van der Waals surface area contributed by atoms with E-state index in [0.717, 1.165) is 0 Å². The van der Waals surface area contributed by atoms with Gasteiger partial charge in [0.1, 0.15) is 7.11 Å². The average molecular weight is 176 g/mol. The number of aromatic nitrogens is 2. The fraction of sp³-hybridized carbons (Fsp3) is 0.100. The minimum absolute atomic E-state index is 1.62. The van der Waals surface area contributed by atoms with Gasteiger partial charge in [0.15, 0.2) is 0 Å². The maximum atomic E-state index is 4.77. The molecule has 13 heavy (non-hydrogen) atoms. The third kappa shape index (κ3) is 3.96. The molecule has 0 aliphatic carbocycles. The van der Waals surface area contributed by atoms with Crippen molar-refractivity contribution in [3.05, 3.63) is 55.1 Å². The number of rotatable bonds is 1. The Morgan fingerprint density at radius 3 is 1.77 bits per heavy atom. The van der Waals surface area contributed by atoms with Gasteiger partial charge < -0.3 is 4.84 Å². The molecule has 2 rings (SSSR count). The molecule has 0 fully saturated rings. The lowest BCUT2D eigenvalue weighted by Gasteiger charge is -1.94. The average Bonchev–Trinajstić information content (AvgIpc) is 2.74. The molecule has 0 spiro atoms. The first-order valence-corrected chi connectivity index (χ1v) is 3.96. The Hall–Kier alpha value is -1.77. The number of nitrogens with zero attached hydrogens (tertiary/aromatic N) is 2. The smallest absolute Gasteiger partial charge is 0.104 e. The van der Waals surface area contributed by atoms with Gasteiger partial charge >= 0.3 is 0 Å². The first-order chi connectivity index (χ1) is 6.43. The molecule has 2 aromatic heterocycles. The Balaban J connectivity index is 0.000000132. The molecule has 0 radical (unpaired) electrons. The van der Waals surface area contributed by atoms with Crippen molar-refractivity contribution in [2.24, 2.45) is 0 Å². The summed E-state index contributed by atoms with van der Waals surface area (Å²) in [6, 6.07) is 9.53. The van der Waals surface area contributed by atoms with Gasteiger partial charge in [-0.3, -0.25) is 4.98 Å². The second-order valence-corrected chi connectivity index (χ2v) is 2.25. The number of pyridine rings is 1. The second-order valence-electron chi connectivity index (χ2n) is 2.25. The summed E-state index contributed by atoms with van der Waals surface area (Å²) < 4.78 is 1.62. The Kier molecular flexibility index (Phi) is 4.18. The van der Waals surface area contributed by atoms with Crippen LogP contribution in [0.4, 0.5) is 0 Å². The van der Waals surface area contributed by atoms with E-state index in [2.05, 4.69) is 4.98 Å². The van der Waals surface area contributed by atoms with Crippen molar-refractivity contribution in [2.45, 2.75) is 0 Å². The van der Waals surface area contributed by atoms with E-state index in [1.165, 1.54) is 0 Å². The summed E-state index contributed by atoms with van der Waals surface area (Å²) in [5.74, 6) is 0. The van der Waals surface area contributed by atoms with E-state index in [0.29, 0.717) is 0 Å². The highest BCUT2D eigenvalue weighted by atomic mass is 16.6. The van der Waals surface area contributed by atoms with Gasteiger partial charge in [-0.2, -0.15) is 4.73 Å². The summed E-state index contributed by atoms with van der Waals surface area (Å²) in [5.41, 5.74) is 0. The van der Waals surface area contributed by atoms with Crippen molar-refractivity contribution in [1.29, 1.82) is 0 Å². The fourth-order valence-electron chi connectivity index (χ4n) is 0.753. The van der Waals surface area contributed by atoms with Gasteiger partial charge in [0.05, 0.1) is 0 Å². The molecule has 2 aromatic rings. The van der Waals surface area contributed by atoms with E-state index in [4.69, 9.17) is 4.84 Å². The zero-order valence-electron chi connectivity index (χ0n) is 7.50. The number of hydrogen-bond donors (Lipinski definition) is 0. The normalized spacial score (nSPS) is 8.38. The summed E-state index contributed by atoms with van der Waals surface area (Å²) in [5, 5.41) is 0. The van der Waals surface area contributed by atoms with Crippen LogP contribution in [-0.4, -0.2) is 16.8 Å². The molecule has 0 aromatic carbocycles. The molecule has 3 nitrogen and oxygen atoms in total. The third-order valence-corrected chi connectivity index (χ3v) is 1.35. The fourth-order valence-corrected chi connectivity index (χ4v) is 0.753. The predicted molar refractivity (Wildman–Crippen MR) is 51.2 cm³/mol. The van der Waals surface area contributed by atoms with Crippen molar-refractivity contribution >= 4 is 0 Å². The van der Waals surface area contributed by atoms with Gasteiger partial charge in [0, 0.05) is 24.8 Å². The summed E-state index contributed by atoms with van der Waals surface area (Å²) in [6.45, 7) is 0. The van der Waals surface area contributed by atoms with Crippen LogP contribution in [0.5, 0.6) is 0 Å². The van der Waals surface area contributed by atoms with Crippen LogP contribution in [-0.2, 0) is 0 Å². The molecular formula is C10H12N2O. The molecule has 0 atom stereocenters. The van der Waals surface area contributed by atoms with E-state index in [1.54, 1.807) is 24.2 Å². The van der Waals surface area contributed by atoms with E-state index in [-0.39, 0.29) is 0 Å². The van der Waals surface area contributed by atoms with Crippen LogP contribution in [0, 0.1) is 0 Å². The van der Waals surface area contributed by atoms with Crippen LogP contribution in [0.2, 0.25) is 0 Å². The lowest BCUT2D eigenvalue weighted by molar-refractivity contribution is 0.168. The lowest BCUT2D eigenvalue weighted by atomic mass is 10.5. The van der Waals surface area contributed by atoms with Gasteiger partial charge in [0.2, 0.25) is 0 Å². The van der Waals surface area contributed by atoms with E-state index in [9.17, 15) is 0 Å². The van der Waals surface area contributed by atoms with Crippen LogP contribution in [0.1, 0.15) is 0 Å². The van der Waals surface area contributed by atoms with Gasteiger partial charge in [0.25, 0.3) is 0 Å². The maximum absolute atomic E-state index is 4.77. The van der Waals surface area contributed by atoms with Gasteiger partial charge in [-0.1, -0.05) is 6.07 Å². The Labute approximate surface area is 77.6 Å². The molecule has 0 N–H and O–H groups in total. The quantitative estimate of drug-likeness (QED) is 0.660. The molecule has 0 amide bonds.